The fraction of sp³-hybridized carbons (Fsp3) is 0.182. The van der Waals surface area contributed by atoms with Gasteiger partial charge in [-0.05, 0) is 53.3 Å². The molecule has 1 aliphatic heterocycles. The van der Waals surface area contributed by atoms with Crippen LogP contribution < -0.4 is 10.1 Å². The van der Waals surface area contributed by atoms with Crippen molar-refractivity contribution in [2.45, 2.75) is 13.0 Å². The fourth-order valence-electron chi connectivity index (χ4n) is 3.27. The quantitative estimate of drug-likeness (QED) is 0.647. The van der Waals surface area contributed by atoms with E-state index in [1.807, 2.05) is 40.6 Å². The summed E-state index contributed by atoms with van der Waals surface area (Å²) in [5, 5.41) is 5.21. The van der Waals surface area contributed by atoms with E-state index in [1.165, 1.54) is 16.9 Å². The van der Waals surface area contributed by atoms with Crippen LogP contribution >= 0.6 is 22.9 Å². The summed E-state index contributed by atoms with van der Waals surface area (Å²) in [6, 6.07) is 16.6. The average Bonchev–Trinajstić information content (AvgIpc) is 3.27. The van der Waals surface area contributed by atoms with Crippen molar-refractivity contribution in [2.75, 3.05) is 18.5 Å². The normalized spacial score (nSPS) is 12.9. The van der Waals surface area contributed by atoms with Crippen LogP contribution in [0.5, 0.6) is 5.75 Å². The zero-order valence-corrected chi connectivity index (χ0v) is 17.1. The topological polar surface area (TPSA) is 58.6 Å². The van der Waals surface area contributed by atoms with Crippen molar-refractivity contribution in [1.82, 2.24) is 4.90 Å². The summed E-state index contributed by atoms with van der Waals surface area (Å²) in [5.74, 6) is 0.248. The number of fused-ring (bicyclic) bond motifs is 1. The van der Waals surface area contributed by atoms with Gasteiger partial charge in [-0.3, -0.25) is 9.59 Å². The van der Waals surface area contributed by atoms with E-state index in [4.69, 9.17) is 16.3 Å². The number of nitrogens with zero attached hydrogens (tertiary/aromatic N) is 1. The molecule has 4 rings (SSSR count). The molecule has 2 heterocycles. The number of anilines is 1. The van der Waals surface area contributed by atoms with Crippen LogP contribution in [0.25, 0.3) is 0 Å². The molecule has 2 amide bonds. The molecule has 3 aromatic rings. The molecule has 7 heteroatoms. The monoisotopic (exact) mass is 426 g/mol. The fourth-order valence-corrected chi connectivity index (χ4v) is 4.15. The lowest BCUT2D eigenvalue weighted by Crippen LogP contribution is -2.35. The van der Waals surface area contributed by atoms with Gasteiger partial charge in [0, 0.05) is 18.8 Å². The molecule has 1 aliphatic rings. The number of halogens is 1. The third kappa shape index (κ3) is 4.60. The molecule has 5 nitrogen and oxygen atoms in total. The van der Waals surface area contributed by atoms with E-state index in [2.05, 4.69) is 5.32 Å². The Balaban J connectivity index is 1.39. The van der Waals surface area contributed by atoms with Crippen LogP contribution in [0.2, 0.25) is 5.02 Å². The van der Waals surface area contributed by atoms with Crippen molar-refractivity contribution in [3.05, 3.63) is 81.0 Å². The maximum Gasteiger partial charge on any atom is 0.264 e. The number of nitrogens with one attached hydrogen (secondary N) is 1. The standard InChI is InChI=1S/C22H19ClN2O3S/c23-18-4-1-2-5-19(18)28-14-21(26)24-17-8-7-15-9-10-25(13-16(15)12-17)22(27)20-6-3-11-29-20/h1-8,11-12H,9-10,13-14H2,(H,24,26). The minimum absolute atomic E-state index is 0.0493. The predicted molar refractivity (Wildman–Crippen MR) is 115 cm³/mol. The van der Waals surface area contributed by atoms with Gasteiger partial charge in [0.2, 0.25) is 0 Å². The van der Waals surface area contributed by atoms with Crippen LogP contribution in [0.15, 0.2) is 60.0 Å². The number of rotatable bonds is 5. The largest absolute Gasteiger partial charge is 0.482 e. The maximum absolute atomic E-state index is 12.6. The molecule has 0 spiro atoms. The van der Waals surface area contributed by atoms with Crippen molar-refractivity contribution >= 4 is 40.4 Å². The summed E-state index contributed by atoms with van der Waals surface area (Å²) in [6.45, 7) is 1.09. The van der Waals surface area contributed by atoms with E-state index in [1.54, 1.807) is 24.3 Å². The molecule has 0 aliphatic carbocycles. The van der Waals surface area contributed by atoms with E-state index in [0.717, 1.165) is 16.9 Å². The second-order valence-electron chi connectivity index (χ2n) is 6.70. The van der Waals surface area contributed by atoms with Gasteiger partial charge in [0.1, 0.15) is 5.75 Å². The van der Waals surface area contributed by atoms with E-state index >= 15 is 0 Å². The summed E-state index contributed by atoms with van der Waals surface area (Å²) < 4.78 is 5.48. The molecular formula is C22H19ClN2O3S. The summed E-state index contributed by atoms with van der Waals surface area (Å²) in [6.07, 6.45) is 0.802. The zero-order chi connectivity index (χ0) is 20.2. The number of carbonyl (C=O) groups excluding carboxylic acids is 2. The van der Waals surface area contributed by atoms with Crippen LogP contribution in [0.1, 0.15) is 20.8 Å². The van der Waals surface area contributed by atoms with Crippen molar-refractivity contribution in [3.8, 4) is 5.75 Å². The summed E-state index contributed by atoms with van der Waals surface area (Å²) in [4.78, 5) is 27.5. The van der Waals surface area contributed by atoms with Gasteiger partial charge in [0.05, 0.1) is 9.90 Å². The Labute approximate surface area is 177 Å². The number of ether oxygens (including phenoxy) is 1. The second kappa shape index (κ2) is 8.68. The number of hydrogen-bond acceptors (Lipinski definition) is 4. The number of carbonyl (C=O) groups is 2. The van der Waals surface area contributed by atoms with Gasteiger partial charge in [-0.25, -0.2) is 0 Å². The summed E-state index contributed by atoms with van der Waals surface area (Å²) in [5.41, 5.74) is 2.93. The Hall–Kier alpha value is -2.83. The Morgan fingerprint density at radius 2 is 1.97 bits per heavy atom. The highest BCUT2D eigenvalue weighted by atomic mass is 35.5. The molecule has 1 N–H and O–H groups in total. The lowest BCUT2D eigenvalue weighted by atomic mass is 9.99. The van der Waals surface area contributed by atoms with Gasteiger partial charge in [-0.15, -0.1) is 11.3 Å². The highest BCUT2D eigenvalue weighted by Crippen LogP contribution is 2.25. The molecule has 148 valence electrons. The SMILES string of the molecule is O=C(COc1ccccc1Cl)Nc1ccc2c(c1)CN(C(=O)c1cccs1)CC2. The summed E-state index contributed by atoms with van der Waals surface area (Å²) in [7, 11) is 0. The van der Waals surface area contributed by atoms with Crippen LogP contribution in [-0.4, -0.2) is 29.9 Å². The first-order chi connectivity index (χ1) is 14.1. The number of benzene rings is 2. The lowest BCUT2D eigenvalue weighted by Gasteiger charge is -2.29. The van der Waals surface area contributed by atoms with Crippen molar-refractivity contribution < 1.29 is 14.3 Å². The molecule has 0 atom stereocenters. The zero-order valence-electron chi connectivity index (χ0n) is 15.6. The molecule has 0 unspecified atom stereocenters. The van der Waals surface area contributed by atoms with Crippen LogP contribution in [0, 0.1) is 0 Å². The van der Waals surface area contributed by atoms with Crippen molar-refractivity contribution in [2.24, 2.45) is 0 Å². The summed E-state index contributed by atoms with van der Waals surface area (Å²) >= 11 is 7.49. The third-order valence-corrected chi connectivity index (χ3v) is 5.89. The van der Waals surface area contributed by atoms with Crippen LogP contribution in [0.3, 0.4) is 0 Å². The second-order valence-corrected chi connectivity index (χ2v) is 8.06. The number of amides is 2. The van der Waals surface area contributed by atoms with Gasteiger partial charge in [-0.1, -0.05) is 35.9 Å². The van der Waals surface area contributed by atoms with Gasteiger partial charge in [0.15, 0.2) is 6.61 Å². The van der Waals surface area contributed by atoms with Gasteiger partial charge in [0.25, 0.3) is 11.8 Å². The Bertz CT molecular complexity index is 1040. The minimum atomic E-state index is -0.271. The number of para-hydroxylation sites is 1. The van der Waals surface area contributed by atoms with Crippen LogP contribution in [0.4, 0.5) is 5.69 Å². The molecule has 1 aromatic heterocycles. The number of hydrogen-bond donors (Lipinski definition) is 1. The van der Waals surface area contributed by atoms with Crippen molar-refractivity contribution in [3.63, 3.8) is 0 Å². The van der Waals surface area contributed by atoms with E-state index in [0.29, 0.717) is 29.5 Å². The average molecular weight is 427 g/mol. The van der Waals surface area contributed by atoms with Gasteiger partial charge < -0.3 is 15.0 Å². The highest BCUT2D eigenvalue weighted by Gasteiger charge is 2.22. The molecule has 0 saturated heterocycles. The highest BCUT2D eigenvalue weighted by molar-refractivity contribution is 7.12. The molecule has 0 radical (unpaired) electrons. The van der Waals surface area contributed by atoms with Crippen LogP contribution in [-0.2, 0) is 17.8 Å². The Kier molecular flexibility index (Phi) is 5.83. The van der Waals surface area contributed by atoms with Gasteiger partial charge >= 0.3 is 0 Å². The molecule has 0 bridgehead atoms. The maximum atomic E-state index is 12.6. The van der Waals surface area contributed by atoms with Crippen molar-refractivity contribution in [1.29, 1.82) is 0 Å². The molecule has 29 heavy (non-hydrogen) atoms. The first kappa shape index (κ1) is 19.5. The van der Waals surface area contributed by atoms with E-state index in [9.17, 15) is 9.59 Å². The minimum Gasteiger partial charge on any atom is -0.482 e. The smallest absolute Gasteiger partial charge is 0.264 e. The van der Waals surface area contributed by atoms with E-state index < -0.39 is 0 Å². The first-order valence-corrected chi connectivity index (χ1v) is 10.5. The molecular weight excluding hydrogens is 408 g/mol. The molecule has 2 aromatic carbocycles. The van der Waals surface area contributed by atoms with E-state index in [-0.39, 0.29) is 18.4 Å². The van der Waals surface area contributed by atoms with Gasteiger partial charge in [-0.2, -0.15) is 0 Å². The first-order valence-electron chi connectivity index (χ1n) is 9.22. The predicted octanol–water partition coefficient (Wildman–Crippen LogP) is 4.62. The Morgan fingerprint density at radius 3 is 2.76 bits per heavy atom. The Morgan fingerprint density at radius 1 is 1.10 bits per heavy atom. The third-order valence-electron chi connectivity index (χ3n) is 4.72. The molecule has 0 saturated carbocycles. The molecule has 0 fully saturated rings. The number of thiophene rings is 1. The lowest BCUT2D eigenvalue weighted by molar-refractivity contribution is -0.118.